The van der Waals surface area contributed by atoms with E-state index in [2.05, 4.69) is 10.3 Å². The van der Waals surface area contributed by atoms with Crippen molar-refractivity contribution < 1.29 is 19.1 Å². The number of aromatic nitrogens is 1. The van der Waals surface area contributed by atoms with Crippen LogP contribution in [0.3, 0.4) is 0 Å². The summed E-state index contributed by atoms with van der Waals surface area (Å²) >= 11 is 0. The molecule has 1 amide bonds. The molecular formula is C14H12N2O4. The van der Waals surface area contributed by atoms with Crippen molar-refractivity contribution in [3.05, 3.63) is 59.8 Å². The Morgan fingerprint density at radius 1 is 1.35 bits per heavy atom. The van der Waals surface area contributed by atoms with Crippen LogP contribution < -0.4 is 5.32 Å². The van der Waals surface area contributed by atoms with Gasteiger partial charge in [0.15, 0.2) is 0 Å². The van der Waals surface area contributed by atoms with Gasteiger partial charge in [0.05, 0.1) is 6.26 Å². The van der Waals surface area contributed by atoms with E-state index in [9.17, 15) is 9.59 Å². The Kier molecular flexibility index (Phi) is 4.28. The molecule has 0 aliphatic carbocycles. The number of rotatable bonds is 5. The van der Waals surface area contributed by atoms with Gasteiger partial charge >= 0.3 is 5.97 Å². The topological polar surface area (TPSA) is 92.4 Å². The minimum atomic E-state index is -1.08. The lowest BCUT2D eigenvalue weighted by Gasteiger charge is -2.02. The molecule has 0 aliphatic heterocycles. The average molecular weight is 272 g/mol. The molecule has 0 spiro atoms. The second-order valence-electron chi connectivity index (χ2n) is 3.92. The average Bonchev–Trinajstić information content (AvgIpc) is 2.96. The van der Waals surface area contributed by atoms with Crippen molar-refractivity contribution in [3.63, 3.8) is 0 Å². The zero-order chi connectivity index (χ0) is 14.4. The minimum Gasteiger partial charge on any atom is -0.477 e. The second-order valence-corrected chi connectivity index (χ2v) is 3.92. The number of nitrogens with zero attached hydrogens (tertiary/aromatic N) is 1. The number of hydrogen-bond acceptors (Lipinski definition) is 4. The van der Waals surface area contributed by atoms with Crippen LogP contribution in [0.1, 0.15) is 21.8 Å². The molecule has 0 fully saturated rings. The summed E-state index contributed by atoms with van der Waals surface area (Å²) in [5.41, 5.74) is 0.688. The Labute approximate surface area is 114 Å². The zero-order valence-corrected chi connectivity index (χ0v) is 10.4. The van der Waals surface area contributed by atoms with Crippen LogP contribution in [0, 0.1) is 0 Å². The highest BCUT2D eigenvalue weighted by Crippen LogP contribution is 2.02. The number of furan rings is 1. The summed E-state index contributed by atoms with van der Waals surface area (Å²) in [5.74, 6) is -0.765. The molecule has 0 radical (unpaired) electrons. The molecule has 0 aliphatic rings. The number of amides is 1. The molecule has 2 aromatic rings. The maximum atomic E-state index is 11.5. The van der Waals surface area contributed by atoms with Crippen molar-refractivity contribution in [3.8, 4) is 0 Å². The van der Waals surface area contributed by atoms with Crippen LogP contribution in [0.15, 0.2) is 47.2 Å². The third-order valence-electron chi connectivity index (χ3n) is 2.45. The number of carboxylic acid groups (broad SMARTS) is 1. The largest absolute Gasteiger partial charge is 0.477 e. The number of aromatic carboxylic acids is 1. The molecule has 6 heteroatoms. The van der Waals surface area contributed by atoms with Gasteiger partial charge in [-0.15, -0.1) is 0 Å². The lowest BCUT2D eigenvalue weighted by molar-refractivity contribution is -0.116. The van der Waals surface area contributed by atoms with Gasteiger partial charge in [-0.1, -0.05) is 6.07 Å². The van der Waals surface area contributed by atoms with Crippen LogP contribution in [0.25, 0.3) is 6.08 Å². The van der Waals surface area contributed by atoms with Gasteiger partial charge in [0.2, 0.25) is 5.91 Å². The molecule has 20 heavy (non-hydrogen) atoms. The molecule has 0 saturated carbocycles. The van der Waals surface area contributed by atoms with Crippen LogP contribution in [0.5, 0.6) is 0 Å². The number of pyridine rings is 1. The van der Waals surface area contributed by atoms with Gasteiger partial charge in [-0.05, 0) is 29.8 Å². The smallest absolute Gasteiger partial charge is 0.354 e. The highest BCUT2D eigenvalue weighted by atomic mass is 16.4. The Hall–Kier alpha value is -2.89. The fourth-order valence-electron chi connectivity index (χ4n) is 1.45. The number of nitrogens with one attached hydrogen (secondary N) is 1. The fourth-order valence-corrected chi connectivity index (χ4v) is 1.45. The molecule has 0 aromatic carbocycles. The van der Waals surface area contributed by atoms with Gasteiger partial charge in [0.25, 0.3) is 0 Å². The van der Waals surface area contributed by atoms with Crippen molar-refractivity contribution in [2.45, 2.75) is 6.54 Å². The molecule has 0 atom stereocenters. The van der Waals surface area contributed by atoms with E-state index in [0.29, 0.717) is 5.76 Å². The number of carbonyl (C=O) groups is 2. The predicted octanol–water partition coefficient (Wildman–Crippen LogP) is 1.70. The van der Waals surface area contributed by atoms with Crippen LogP contribution in [0.2, 0.25) is 0 Å². The molecule has 0 saturated heterocycles. The number of hydrogen-bond donors (Lipinski definition) is 2. The van der Waals surface area contributed by atoms with Crippen LogP contribution in [-0.4, -0.2) is 22.0 Å². The van der Waals surface area contributed by atoms with Gasteiger partial charge in [-0.25, -0.2) is 9.78 Å². The maximum Gasteiger partial charge on any atom is 0.354 e. The molecule has 0 bridgehead atoms. The fraction of sp³-hybridized carbons (Fsp3) is 0.0714. The zero-order valence-electron chi connectivity index (χ0n) is 10.4. The first-order chi connectivity index (χ1) is 9.65. The predicted molar refractivity (Wildman–Crippen MR) is 70.8 cm³/mol. The Morgan fingerprint density at radius 2 is 2.20 bits per heavy atom. The number of carboxylic acids is 1. The second kappa shape index (κ2) is 6.33. The summed E-state index contributed by atoms with van der Waals surface area (Å²) < 4.78 is 5.05. The first kappa shape index (κ1) is 13.5. The van der Waals surface area contributed by atoms with Crippen molar-refractivity contribution >= 4 is 18.0 Å². The Balaban J connectivity index is 1.85. The highest BCUT2D eigenvalue weighted by Gasteiger charge is 2.04. The van der Waals surface area contributed by atoms with Gasteiger partial charge in [0, 0.05) is 18.8 Å². The summed E-state index contributed by atoms with van der Waals surface area (Å²) in [6.07, 6.45) is 5.85. The van der Waals surface area contributed by atoms with Crippen molar-refractivity contribution in [2.75, 3.05) is 0 Å². The van der Waals surface area contributed by atoms with E-state index >= 15 is 0 Å². The highest BCUT2D eigenvalue weighted by molar-refractivity contribution is 5.91. The Bertz CT molecular complexity index is 615. The lowest BCUT2D eigenvalue weighted by Crippen LogP contribution is -2.20. The van der Waals surface area contributed by atoms with E-state index in [1.54, 1.807) is 24.3 Å². The molecular weight excluding hydrogens is 260 g/mol. The van der Waals surface area contributed by atoms with Gasteiger partial charge in [-0.3, -0.25) is 4.79 Å². The standard InChI is InChI=1S/C14H12N2O4/c17-13(6-4-11-2-1-7-20-11)16-9-10-3-5-12(14(18)19)15-8-10/h1-8H,9H2,(H,16,17)(H,18,19)/b6-4+. The van der Waals surface area contributed by atoms with Crippen LogP contribution in [0.4, 0.5) is 0 Å². The van der Waals surface area contributed by atoms with E-state index in [0.717, 1.165) is 5.56 Å². The third kappa shape index (κ3) is 3.81. The lowest BCUT2D eigenvalue weighted by atomic mass is 10.2. The van der Waals surface area contributed by atoms with Gasteiger partial charge in [-0.2, -0.15) is 0 Å². The van der Waals surface area contributed by atoms with Crippen LogP contribution >= 0.6 is 0 Å². The molecule has 102 valence electrons. The van der Waals surface area contributed by atoms with Gasteiger partial charge < -0.3 is 14.8 Å². The van der Waals surface area contributed by atoms with E-state index in [4.69, 9.17) is 9.52 Å². The minimum absolute atomic E-state index is 0.0298. The summed E-state index contributed by atoms with van der Waals surface area (Å²) in [5, 5.41) is 11.4. The SMILES string of the molecule is O=C(/C=C/c1ccco1)NCc1ccc(C(=O)O)nc1. The number of carbonyl (C=O) groups excluding carboxylic acids is 1. The monoisotopic (exact) mass is 272 g/mol. The van der Waals surface area contributed by atoms with Crippen molar-refractivity contribution in [1.82, 2.24) is 10.3 Å². The molecule has 2 rings (SSSR count). The summed E-state index contributed by atoms with van der Waals surface area (Å²) in [6, 6.07) is 6.46. The van der Waals surface area contributed by atoms with E-state index < -0.39 is 5.97 Å². The van der Waals surface area contributed by atoms with Gasteiger partial charge in [0.1, 0.15) is 11.5 Å². The molecule has 0 unspecified atom stereocenters. The summed E-state index contributed by atoms with van der Waals surface area (Å²) in [6.45, 7) is 0.272. The normalized spacial score (nSPS) is 10.6. The summed E-state index contributed by atoms with van der Waals surface area (Å²) in [4.78, 5) is 25.9. The molecule has 2 aromatic heterocycles. The van der Waals surface area contributed by atoms with Crippen molar-refractivity contribution in [1.29, 1.82) is 0 Å². The van der Waals surface area contributed by atoms with E-state index in [1.807, 2.05) is 0 Å². The van der Waals surface area contributed by atoms with Crippen molar-refractivity contribution in [2.24, 2.45) is 0 Å². The van der Waals surface area contributed by atoms with E-state index in [1.165, 1.54) is 24.6 Å². The maximum absolute atomic E-state index is 11.5. The third-order valence-corrected chi connectivity index (χ3v) is 2.45. The first-order valence-electron chi connectivity index (χ1n) is 5.83. The van der Waals surface area contributed by atoms with Crippen LogP contribution in [-0.2, 0) is 11.3 Å². The molecule has 2 heterocycles. The first-order valence-corrected chi connectivity index (χ1v) is 5.83. The molecule has 2 N–H and O–H groups in total. The summed E-state index contributed by atoms with van der Waals surface area (Å²) in [7, 11) is 0. The van der Waals surface area contributed by atoms with E-state index in [-0.39, 0.29) is 18.1 Å². The Morgan fingerprint density at radius 3 is 2.80 bits per heavy atom. The molecule has 6 nitrogen and oxygen atoms in total. The quantitative estimate of drug-likeness (QED) is 0.808.